The highest BCUT2D eigenvalue weighted by Gasteiger charge is 2.38. The Hall–Kier alpha value is -3.76. The lowest BCUT2D eigenvalue weighted by Gasteiger charge is -2.31. The van der Waals surface area contributed by atoms with Crippen LogP contribution in [0.25, 0.3) is 0 Å². The summed E-state index contributed by atoms with van der Waals surface area (Å²) in [6, 6.07) is 23.8. The molecule has 4 aromatic rings. The molecule has 0 heterocycles. The van der Waals surface area contributed by atoms with E-state index < -0.39 is 13.9 Å². The normalized spacial score (nSPS) is 12.9. The van der Waals surface area contributed by atoms with Gasteiger partial charge in [-0.25, -0.2) is 0 Å². The Morgan fingerprint density at radius 1 is 0.540 bits per heavy atom. The highest BCUT2D eigenvalue weighted by atomic mass is 35.6. The van der Waals surface area contributed by atoms with Gasteiger partial charge in [0.05, 0.1) is 34.2 Å². The van der Waals surface area contributed by atoms with Gasteiger partial charge in [-0.05, 0) is 80.3 Å². The van der Waals surface area contributed by atoms with Crippen molar-refractivity contribution in [3.8, 4) is 11.5 Å². The monoisotopic (exact) mass is 708 g/mol. The van der Waals surface area contributed by atoms with E-state index in [0.29, 0.717) is 34.2 Å². The van der Waals surface area contributed by atoms with Crippen molar-refractivity contribution in [2.45, 2.75) is 105 Å². The number of nitrogens with zero attached hydrogens (tertiary/aromatic N) is 2. The lowest BCUT2D eigenvalue weighted by atomic mass is 9.79. The topological polar surface area (TPSA) is 95.2 Å². The lowest BCUT2D eigenvalue weighted by Crippen LogP contribution is -2.29. The summed E-state index contributed by atoms with van der Waals surface area (Å²) in [6.07, 6.45) is 3.65. The second-order valence-electron chi connectivity index (χ2n) is 17.0. The fourth-order valence-electron chi connectivity index (χ4n) is 5.44. The number of nitrogen functional groups attached to an aromatic ring is 2. The Kier molecular flexibility index (Phi) is 11.6. The number of benzene rings is 4. The molecule has 264 valence electrons. The first-order chi connectivity index (χ1) is 23.1. The number of rotatable bonds is 8. The molecule has 0 aliphatic rings. The summed E-state index contributed by atoms with van der Waals surface area (Å²) >= 11 is -2.94. The van der Waals surface area contributed by atoms with Gasteiger partial charge in [-0.3, -0.25) is 9.98 Å². The highest BCUT2D eigenvalue weighted by molar-refractivity contribution is 7.00. The second-order valence-corrected chi connectivity index (χ2v) is 19.1. The van der Waals surface area contributed by atoms with E-state index in [1.54, 1.807) is 0 Å². The molecule has 0 atom stereocenters. The molecule has 0 radical (unpaired) electrons. The minimum absolute atomic E-state index is 0.117. The summed E-state index contributed by atoms with van der Waals surface area (Å²) in [6.45, 7) is 26.3. The predicted molar refractivity (Wildman–Crippen MR) is 217 cm³/mol. The molecule has 0 unspecified atom stereocenters. The minimum atomic E-state index is -2.94. The number of hydrogen-bond donors (Lipinski definition) is 2. The maximum atomic E-state index is 7.25. The summed E-state index contributed by atoms with van der Waals surface area (Å²) in [5, 5.41) is 0. The van der Waals surface area contributed by atoms with Gasteiger partial charge < -0.3 is 19.0 Å². The minimum Gasteiger partial charge on any atom is -0.599 e. The van der Waals surface area contributed by atoms with Crippen LogP contribution in [0.3, 0.4) is 0 Å². The Bertz CT molecular complexity index is 1750. The van der Waals surface area contributed by atoms with E-state index in [9.17, 15) is 0 Å². The quantitative estimate of drug-likeness (QED) is 0.108. The van der Waals surface area contributed by atoms with Crippen molar-refractivity contribution in [3.05, 3.63) is 106 Å². The lowest BCUT2D eigenvalue weighted by molar-refractivity contribution is 0.423. The maximum Gasteiger partial charge on any atom is 0.999 e. The summed E-state index contributed by atoms with van der Waals surface area (Å²) in [5.41, 5.74) is 20.3. The van der Waals surface area contributed by atoms with Crippen LogP contribution in [0, 0.1) is 0 Å². The molecule has 0 aliphatic heterocycles. The van der Waals surface area contributed by atoms with Crippen LogP contribution < -0.4 is 19.0 Å². The van der Waals surface area contributed by atoms with Gasteiger partial charge in [-0.15, -0.1) is 0 Å². The molecular formula is C42H54AlClN4O2. The molecule has 4 aromatic carbocycles. The van der Waals surface area contributed by atoms with E-state index in [4.69, 9.17) is 39.1 Å². The third kappa shape index (κ3) is 9.72. The van der Waals surface area contributed by atoms with Gasteiger partial charge in [0.25, 0.3) is 0 Å². The summed E-state index contributed by atoms with van der Waals surface area (Å²) in [5.74, 6) is 1.32. The van der Waals surface area contributed by atoms with E-state index in [1.807, 2.05) is 61.0 Å². The Labute approximate surface area is 309 Å². The molecule has 0 saturated carbocycles. The predicted octanol–water partition coefficient (Wildman–Crippen LogP) is 11.2. The van der Waals surface area contributed by atoms with Crippen molar-refractivity contribution < 1.29 is 7.58 Å². The molecule has 6 nitrogen and oxygen atoms in total. The zero-order valence-electron chi connectivity index (χ0n) is 31.9. The molecule has 8 heteroatoms. The number of anilines is 2. The van der Waals surface area contributed by atoms with Crippen molar-refractivity contribution in [2.24, 2.45) is 9.98 Å². The first-order valence-corrected chi connectivity index (χ1v) is 19.9. The third-order valence-electron chi connectivity index (χ3n) is 8.56. The van der Waals surface area contributed by atoms with Crippen LogP contribution in [-0.2, 0) is 21.7 Å². The molecule has 0 fully saturated rings. The summed E-state index contributed by atoms with van der Waals surface area (Å²) in [7, 11) is 7.25. The van der Waals surface area contributed by atoms with Gasteiger partial charge >= 0.3 is 13.9 Å². The molecule has 0 aromatic heterocycles. The standard InChI is InChI=1S/2C21H28N2O.Al.ClH/c2*1-20(2,3)15-11-14(19(24)16(12-15)21(4,5)6)13-23-18-10-8-7-9-17(18)22;;/h2*7-13,24H,22H2,1-6H3;;1H/q;;+3;/p-3. The van der Waals surface area contributed by atoms with Gasteiger partial charge in [0.15, 0.2) is 0 Å². The Morgan fingerprint density at radius 3 is 1.18 bits per heavy atom. The van der Waals surface area contributed by atoms with E-state index in [1.165, 1.54) is 0 Å². The van der Waals surface area contributed by atoms with Crippen molar-refractivity contribution in [1.29, 1.82) is 0 Å². The highest BCUT2D eigenvalue weighted by Crippen LogP contribution is 2.41. The fraction of sp³-hybridized carbons (Fsp3) is 0.381. The summed E-state index contributed by atoms with van der Waals surface area (Å²) < 4.78 is 13.6. The van der Waals surface area contributed by atoms with Crippen LogP contribution in [0.2, 0.25) is 0 Å². The SMILES string of the molecule is CC(C)(C)c1cc(C=Nc2ccccc2N)c([O][Al]([Cl])[O]c2c(C=Nc3ccccc3N)cc(C(C)(C)C)cc2C(C)(C)C)c(C(C)(C)C)c1. The van der Waals surface area contributed by atoms with Crippen molar-refractivity contribution >= 4 is 59.1 Å². The van der Waals surface area contributed by atoms with Crippen LogP contribution in [0.4, 0.5) is 22.7 Å². The fourth-order valence-corrected chi connectivity index (χ4v) is 6.91. The number of para-hydroxylation sites is 4. The average Bonchev–Trinajstić information content (AvgIpc) is 2.99. The summed E-state index contributed by atoms with van der Waals surface area (Å²) in [4.78, 5) is 9.60. The van der Waals surface area contributed by atoms with Crippen LogP contribution in [0.1, 0.15) is 116 Å². The van der Waals surface area contributed by atoms with Gasteiger partial charge in [0.2, 0.25) is 0 Å². The van der Waals surface area contributed by atoms with Crippen molar-refractivity contribution in [1.82, 2.24) is 0 Å². The average molecular weight is 709 g/mol. The van der Waals surface area contributed by atoms with Crippen molar-refractivity contribution in [2.75, 3.05) is 11.5 Å². The van der Waals surface area contributed by atoms with E-state index in [0.717, 1.165) is 33.4 Å². The Morgan fingerprint density at radius 2 is 0.880 bits per heavy atom. The van der Waals surface area contributed by atoms with Crippen LogP contribution in [-0.4, -0.2) is 26.3 Å². The van der Waals surface area contributed by atoms with Gasteiger partial charge in [-0.1, -0.05) is 119 Å². The number of halogens is 1. The van der Waals surface area contributed by atoms with E-state index >= 15 is 0 Å². The molecule has 4 rings (SSSR count). The molecule has 4 N–H and O–H groups in total. The van der Waals surface area contributed by atoms with Gasteiger partial charge in [0, 0.05) is 23.6 Å². The van der Waals surface area contributed by atoms with Crippen LogP contribution in [0.5, 0.6) is 11.5 Å². The molecular weight excluding hydrogens is 655 g/mol. The molecule has 0 spiro atoms. The smallest absolute Gasteiger partial charge is 0.599 e. The van der Waals surface area contributed by atoms with Crippen molar-refractivity contribution in [3.63, 3.8) is 0 Å². The zero-order chi connectivity index (χ0) is 37.2. The molecule has 0 amide bonds. The Balaban J connectivity index is 1.89. The molecule has 0 aliphatic carbocycles. The third-order valence-corrected chi connectivity index (χ3v) is 9.94. The van der Waals surface area contributed by atoms with Gasteiger partial charge in [-0.2, -0.15) is 10.0 Å². The zero-order valence-corrected chi connectivity index (χ0v) is 33.8. The maximum absolute atomic E-state index is 7.25. The first-order valence-electron chi connectivity index (χ1n) is 17.2. The molecule has 0 saturated heterocycles. The number of nitrogens with two attached hydrogens (primary N) is 2. The molecule has 0 bridgehead atoms. The van der Waals surface area contributed by atoms with Crippen LogP contribution >= 0.6 is 10.0 Å². The van der Waals surface area contributed by atoms with E-state index in [-0.39, 0.29) is 21.7 Å². The second kappa shape index (κ2) is 14.8. The van der Waals surface area contributed by atoms with Gasteiger partial charge in [0.1, 0.15) is 0 Å². The number of hydrogen-bond acceptors (Lipinski definition) is 6. The van der Waals surface area contributed by atoms with Crippen LogP contribution in [0.15, 0.2) is 82.8 Å². The largest absolute Gasteiger partial charge is 0.999 e. The first kappa shape index (κ1) is 39.0. The van der Waals surface area contributed by atoms with E-state index in [2.05, 4.69) is 107 Å². The number of aliphatic imine (C=N–C) groups is 2. The molecule has 50 heavy (non-hydrogen) atoms.